The van der Waals surface area contributed by atoms with E-state index < -0.39 is 0 Å². The molecule has 1 saturated carbocycles. The van der Waals surface area contributed by atoms with Crippen LogP contribution in [-0.2, 0) is 10.2 Å². The lowest BCUT2D eigenvalue weighted by Gasteiger charge is -2.48. The Morgan fingerprint density at radius 3 is 2.79 bits per heavy atom. The summed E-state index contributed by atoms with van der Waals surface area (Å²) in [6, 6.07) is 6.41. The van der Waals surface area contributed by atoms with Crippen molar-refractivity contribution in [1.82, 2.24) is 10.3 Å². The number of ether oxygens (including phenoxy) is 1. The summed E-state index contributed by atoms with van der Waals surface area (Å²) in [5, 5.41) is 3.35. The molecule has 100 valence electrons. The topological polar surface area (TPSA) is 47.3 Å². The Balaban J connectivity index is 1.79. The quantitative estimate of drug-likeness (QED) is 0.912. The summed E-state index contributed by atoms with van der Waals surface area (Å²) >= 11 is 0. The fourth-order valence-corrected chi connectivity index (χ4v) is 3.55. The highest BCUT2D eigenvalue weighted by Crippen LogP contribution is 2.62. The number of hydrogen-bond donors (Lipinski definition) is 1. The summed E-state index contributed by atoms with van der Waals surface area (Å²) < 4.78 is 11.0. The third-order valence-electron chi connectivity index (χ3n) is 4.96. The molecule has 2 aliphatic rings. The van der Waals surface area contributed by atoms with E-state index in [1.807, 2.05) is 7.05 Å². The van der Waals surface area contributed by atoms with Gasteiger partial charge in [0.1, 0.15) is 5.52 Å². The summed E-state index contributed by atoms with van der Waals surface area (Å²) in [6.45, 7) is 2.72. The predicted molar refractivity (Wildman–Crippen MR) is 72.1 cm³/mol. The second kappa shape index (κ2) is 3.81. The Kier molecular flexibility index (Phi) is 2.29. The molecule has 1 aliphatic heterocycles. The highest BCUT2D eigenvalue weighted by molar-refractivity contribution is 5.73. The van der Waals surface area contributed by atoms with Crippen LogP contribution in [-0.4, -0.2) is 31.8 Å². The van der Waals surface area contributed by atoms with Crippen LogP contribution in [0.5, 0.6) is 0 Å². The zero-order valence-electron chi connectivity index (χ0n) is 11.1. The van der Waals surface area contributed by atoms with Gasteiger partial charge in [0.15, 0.2) is 12.0 Å². The van der Waals surface area contributed by atoms with Crippen molar-refractivity contribution in [2.24, 2.45) is 5.41 Å². The minimum atomic E-state index is 0.164. The first-order chi connectivity index (χ1) is 9.30. The maximum atomic E-state index is 5.58. The summed E-state index contributed by atoms with van der Waals surface area (Å²) in [5.74, 6) is 0. The number of oxazole rings is 1. The zero-order valence-corrected chi connectivity index (χ0v) is 11.1. The molecule has 1 aliphatic carbocycles. The molecule has 4 nitrogen and oxygen atoms in total. The van der Waals surface area contributed by atoms with Crippen LogP contribution in [0.2, 0.25) is 0 Å². The molecule has 0 atom stereocenters. The molecule has 1 N–H and O–H groups in total. The van der Waals surface area contributed by atoms with Crippen molar-refractivity contribution in [2.75, 3.05) is 26.8 Å². The first-order valence-electron chi connectivity index (χ1n) is 6.86. The van der Waals surface area contributed by atoms with Crippen molar-refractivity contribution >= 4 is 11.1 Å². The van der Waals surface area contributed by atoms with Gasteiger partial charge in [0.05, 0.1) is 13.2 Å². The van der Waals surface area contributed by atoms with Gasteiger partial charge in [0.25, 0.3) is 0 Å². The van der Waals surface area contributed by atoms with Crippen LogP contribution in [0, 0.1) is 5.41 Å². The fraction of sp³-hybridized carbons (Fsp3) is 0.533. The van der Waals surface area contributed by atoms with Gasteiger partial charge in [-0.1, -0.05) is 6.07 Å². The van der Waals surface area contributed by atoms with Crippen molar-refractivity contribution in [3.8, 4) is 0 Å². The molecular weight excluding hydrogens is 240 g/mol. The van der Waals surface area contributed by atoms with Gasteiger partial charge < -0.3 is 14.5 Å². The molecule has 1 aromatic heterocycles. The van der Waals surface area contributed by atoms with E-state index >= 15 is 0 Å². The van der Waals surface area contributed by atoms with Gasteiger partial charge in [0, 0.05) is 12.0 Å². The van der Waals surface area contributed by atoms with Crippen LogP contribution >= 0.6 is 0 Å². The normalized spacial score (nSPS) is 23.2. The van der Waals surface area contributed by atoms with E-state index in [4.69, 9.17) is 9.15 Å². The van der Waals surface area contributed by atoms with Crippen molar-refractivity contribution in [3.05, 3.63) is 30.2 Å². The lowest BCUT2D eigenvalue weighted by Crippen LogP contribution is -2.56. The second-order valence-corrected chi connectivity index (χ2v) is 5.92. The molecule has 2 heterocycles. The highest BCUT2D eigenvalue weighted by atomic mass is 16.5. The zero-order chi connectivity index (χ0) is 12.9. The molecular formula is C15H18N2O2. The molecule has 2 fully saturated rings. The monoisotopic (exact) mass is 258 g/mol. The standard InChI is InChI=1S/C15H18N2O2/c1-16-7-14(4-5-14)15(8-18-9-15)11-2-3-12-13(6-11)19-10-17-12/h2-3,6,10,16H,4-5,7-9H2,1H3. The van der Waals surface area contributed by atoms with Crippen LogP contribution < -0.4 is 5.32 Å². The Labute approximate surface area is 112 Å². The largest absolute Gasteiger partial charge is 0.443 e. The van der Waals surface area contributed by atoms with E-state index in [1.54, 1.807) is 0 Å². The Bertz CT molecular complexity index is 611. The number of nitrogens with one attached hydrogen (secondary N) is 1. The molecule has 0 unspecified atom stereocenters. The minimum Gasteiger partial charge on any atom is -0.443 e. The second-order valence-electron chi connectivity index (χ2n) is 5.92. The average molecular weight is 258 g/mol. The summed E-state index contributed by atoms with van der Waals surface area (Å²) in [5.41, 5.74) is 3.68. The SMILES string of the molecule is CNCC1(C2(c3ccc4ncoc4c3)COC2)CC1. The number of fused-ring (bicyclic) bond motifs is 1. The highest BCUT2D eigenvalue weighted by Gasteiger charge is 2.63. The maximum absolute atomic E-state index is 5.58. The van der Waals surface area contributed by atoms with Crippen LogP contribution in [0.4, 0.5) is 0 Å². The van der Waals surface area contributed by atoms with Crippen LogP contribution in [0.15, 0.2) is 29.0 Å². The van der Waals surface area contributed by atoms with E-state index in [2.05, 4.69) is 28.5 Å². The molecule has 1 aromatic carbocycles. The van der Waals surface area contributed by atoms with Gasteiger partial charge in [0.2, 0.25) is 0 Å². The van der Waals surface area contributed by atoms with Gasteiger partial charge in [-0.2, -0.15) is 0 Å². The number of nitrogens with zero attached hydrogens (tertiary/aromatic N) is 1. The molecule has 0 spiro atoms. The first kappa shape index (κ1) is 11.4. The summed E-state index contributed by atoms with van der Waals surface area (Å²) in [4.78, 5) is 4.19. The van der Waals surface area contributed by atoms with Gasteiger partial charge in [-0.05, 0) is 43.0 Å². The van der Waals surface area contributed by atoms with Crippen LogP contribution in [0.1, 0.15) is 18.4 Å². The van der Waals surface area contributed by atoms with Gasteiger partial charge in [-0.15, -0.1) is 0 Å². The summed E-state index contributed by atoms with van der Waals surface area (Å²) in [6.07, 6.45) is 4.08. The van der Waals surface area contributed by atoms with Crippen molar-refractivity contribution in [3.63, 3.8) is 0 Å². The molecule has 2 aromatic rings. The lowest BCUT2D eigenvalue weighted by atomic mass is 9.66. The van der Waals surface area contributed by atoms with E-state index in [0.717, 1.165) is 30.9 Å². The van der Waals surface area contributed by atoms with Crippen molar-refractivity contribution in [1.29, 1.82) is 0 Å². The van der Waals surface area contributed by atoms with E-state index in [-0.39, 0.29) is 5.41 Å². The first-order valence-corrected chi connectivity index (χ1v) is 6.86. The fourth-order valence-electron chi connectivity index (χ4n) is 3.55. The van der Waals surface area contributed by atoms with Gasteiger partial charge in [-0.25, -0.2) is 4.98 Å². The Morgan fingerprint density at radius 2 is 2.16 bits per heavy atom. The van der Waals surface area contributed by atoms with Crippen LogP contribution in [0.3, 0.4) is 0 Å². The Morgan fingerprint density at radius 1 is 1.32 bits per heavy atom. The van der Waals surface area contributed by atoms with Crippen LogP contribution in [0.25, 0.3) is 11.1 Å². The minimum absolute atomic E-state index is 0.164. The van der Waals surface area contributed by atoms with E-state index in [1.165, 1.54) is 24.8 Å². The Hall–Kier alpha value is -1.39. The molecule has 4 rings (SSSR count). The maximum Gasteiger partial charge on any atom is 0.181 e. The van der Waals surface area contributed by atoms with Gasteiger partial charge in [-0.3, -0.25) is 0 Å². The number of aromatic nitrogens is 1. The third kappa shape index (κ3) is 1.44. The number of hydrogen-bond acceptors (Lipinski definition) is 4. The van der Waals surface area contributed by atoms with E-state index in [0.29, 0.717) is 5.41 Å². The number of benzene rings is 1. The molecule has 0 amide bonds. The predicted octanol–water partition coefficient (Wildman–Crippen LogP) is 2.10. The third-order valence-corrected chi connectivity index (χ3v) is 4.96. The molecule has 1 saturated heterocycles. The number of rotatable bonds is 4. The van der Waals surface area contributed by atoms with Gasteiger partial charge >= 0.3 is 0 Å². The molecule has 0 radical (unpaired) electrons. The molecule has 4 heteroatoms. The molecule has 0 bridgehead atoms. The van der Waals surface area contributed by atoms with Crippen molar-refractivity contribution in [2.45, 2.75) is 18.3 Å². The smallest absolute Gasteiger partial charge is 0.181 e. The van der Waals surface area contributed by atoms with Crippen molar-refractivity contribution < 1.29 is 9.15 Å². The summed E-state index contributed by atoms with van der Waals surface area (Å²) in [7, 11) is 2.03. The van der Waals surface area contributed by atoms with E-state index in [9.17, 15) is 0 Å². The molecule has 19 heavy (non-hydrogen) atoms. The lowest BCUT2D eigenvalue weighted by molar-refractivity contribution is -0.0985. The average Bonchev–Trinajstić information content (AvgIpc) is 2.98.